The van der Waals surface area contributed by atoms with Crippen molar-refractivity contribution in [2.24, 2.45) is 10.8 Å². The van der Waals surface area contributed by atoms with Crippen molar-refractivity contribution < 1.29 is 0 Å². The summed E-state index contributed by atoms with van der Waals surface area (Å²) in [5.74, 6) is 0. The van der Waals surface area contributed by atoms with E-state index in [1.807, 2.05) is 6.07 Å². The molecule has 0 aliphatic carbocycles. The lowest BCUT2D eigenvalue weighted by molar-refractivity contribution is 0.233. The SMILES string of the molecule is CC(C)(C)C([SiH2]c1c[c][c]cc1)C(C)(C)C. The van der Waals surface area contributed by atoms with Crippen molar-refractivity contribution in [3.05, 3.63) is 30.3 Å². The maximum absolute atomic E-state index is 3.08. The Balaban J connectivity index is 2.89. The second kappa shape index (κ2) is 4.75. The minimum atomic E-state index is -0.257. The van der Waals surface area contributed by atoms with Gasteiger partial charge in [0.2, 0.25) is 0 Å². The first-order valence-electron chi connectivity index (χ1n) is 6.08. The van der Waals surface area contributed by atoms with Crippen LogP contribution in [-0.2, 0) is 0 Å². The quantitative estimate of drug-likeness (QED) is 0.688. The highest BCUT2D eigenvalue weighted by atomic mass is 28.2. The van der Waals surface area contributed by atoms with E-state index in [1.165, 1.54) is 5.19 Å². The van der Waals surface area contributed by atoms with Crippen molar-refractivity contribution in [2.45, 2.75) is 47.1 Å². The van der Waals surface area contributed by atoms with Gasteiger partial charge in [-0.2, -0.15) is 0 Å². The fraction of sp³-hybridized carbons (Fsp3) is 0.600. The minimum Gasteiger partial charge on any atom is -0.0660 e. The van der Waals surface area contributed by atoms with Gasteiger partial charge in [0.15, 0.2) is 0 Å². The molecule has 0 aliphatic rings. The van der Waals surface area contributed by atoms with Crippen molar-refractivity contribution in [2.75, 3.05) is 0 Å². The van der Waals surface area contributed by atoms with Crippen molar-refractivity contribution in [3.63, 3.8) is 0 Å². The molecule has 0 aromatic heterocycles. The molecular formula is C15H24Si. The molecule has 0 N–H and O–H groups in total. The molecule has 0 aliphatic heterocycles. The molecule has 1 aromatic carbocycles. The van der Waals surface area contributed by atoms with Gasteiger partial charge < -0.3 is 0 Å². The molecule has 0 fully saturated rings. The van der Waals surface area contributed by atoms with Gasteiger partial charge in [-0.3, -0.25) is 0 Å². The van der Waals surface area contributed by atoms with Crippen LogP contribution in [0.1, 0.15) is 41.5 Å². The molecule has 0 nitrogen and oxygen atoms in total. The molecule has 0 saturated carbocycles. The average molecular weight is 232 g/mol. The molecule has 0 bridgehead atoms. The van der Waals surface area contributed by atoms with E-state index in [-0.39, 0.29) is 9.52 Å². The average Bonchev–Trinajstić information content (AvgIpc) is 2.12. The lowest BCUT2D eigenvalue weighted by Gasteiger charge is -2.40. The van der Waals surface area contributed by atoms with E-state index >= 15 is 0 Å². The van der Waals surface area contributed by atoms with Gasteiger partial charge in [-0.25, -0.2) is 0 Å². The van der Waals surface area contributed by atoms with Crippen LogP contribution >= 0.6 is 0 Å². The summed E-state index contributed by atoms with van der Waals surface area (Å²) in [5, 5.41) is 1.51. The number of rotatable bonds is 2. The number of hydrogen-bond donors (Lipinski definition) is 0. The summed E-state index contributed by atoms with van der Waals surface area (Å²) in [4.78, 5) is 0. The number of hydrogen-bond acceptors (Lipinski definition) is 0. The largest absolute Gasteiger partial charge is 0.0660 e. The molecular weight excluding hydrogens is 208 g/mol. The van der Waals surface area contributed by atoms with Crippen LogP contribution < -0.4 is 5.19 Å². The van der Waals surface area contributed by atoms with E-state index < -0.39 is 0 Å². The Morgan fingerprint density at radius 1 is 1.00 bits per heavy atom. The predicted octanol–water partition coefficient (Wildman–Crippen LogP) is 2.96. The molecule has 1 heteroatoms. The first-order valence-corrected chi connectivity index (χ1v) is 7.60. The smallest absolute Gasteiger partial charge is 0.0588 e. The van der Waals surface area contributed by atoms with Gasteiger partial charge in [0, 0.05) is 0 Å². The topological polar surface area (TPSA) is 0 Å². The summed E-state index contributed by atoms with van der Waals surface area (Å²) in [7, 11) is -0.257. The highest BCUT2D eigenvalue weighted by molar-refractivity contribution is 6.55. The summed E-state index contributed by atoms with van der Waals surface area (Å²) in [6, 6.07) is 12.4. The van der Waals surface area contributed by atoms with Gasteiger partial charge in [0.05, 0.1) is 9.52 Å². The maximum atomic E-state index is 3.08. The van der Waals surface area contributed by atoms with E-state index in [4.69, 9.17) is 0 Å². The third-order valence-electron chi connectivity index (χ3n) is 3.25. The van der Waals surface area contributed by atoms with Gasteiger partial charge in [-0.05, 0) is 28.5 Å². The Morgan fingerprint density at radius 3 is 1.94 bits per heavy atom. The first kappa shape index (κ1) is 13.5. The lowest BCUT2D eigenvalue weighted by Crippen LogP contribution is -2.36. The van der Waals surface area contributed by atoms with Gasteiger partial charge in [-0.15, -0.1) is 0 Å². The van der Waals surface area contributed by atoms with E-state index in [9.17, 15) is 0 Å². The fourth-order valence-corrected chi connectivity index (χ4v) is 4.82. The van der Waals surface area contributed by atoms with Crippen LogP contribution in [0.4, 0.5) is 0 Å². The molecule has 0 heterocycles. The molecule has 0 atom stereocenters. The normalized spacial score (nSPS) is 13.9. The molecule has 16 heavy (non-hydrogen) atoms. The standard InChI is InChI=1S/C15H24Si/c1-14(2,3)13(15(4,5)6)16-12-10-8-7-9-11-12/h8,10-11,13H,16H2,1-6H3. The molecule has 1 rings (SSSR count). The first-order chi connectivity index (χ1) is 7.21. The van der Waals surface area contributed by atoms with Crippen LogP contribution in [0.2, 0.25) is 5.54 Å². The van der Waals surface area contributed by atoms with Crippen molar-refractivity contribution in [1.82, 2.24) is 0 Å². The van der Waals surface area contributed by atoms with Crippen LogP contribution in [0, 0.1) is 23.0 Å². The van der Waals surface area contributed by atoms with E-state index in [0.717, 1.165) is 5.54 Å². The molecule has 1 aromatic rings. The Bertz CT molecular complexity index is 300. The van der Waals surface area contributed by atoms with Gasteiger partial charge >= 0.3 is 0 Å². The van der Waals surface area contributed by atoms with Crippen LogP contribution in [0.3, 0.4) is 0 Å². The monoisotopic (exact) mass is 232 g/mol. The summed E-state index contributed by atoms with van der Waals surface area (Å²) in [6.45, 7) is 14.2. The molecule has 0 amide bonds. The fourth-order valence-electron chi connectivity index (χ4n) is 2.65. The van der Waals surface area contributed by atoms with Gasteiger partial charge in [0.1, 0.15) is 0 Å². The second-order valence-corrected chi connectivity index (χ2v) is 8.87. The van der Waals surface area contributed by atoms with Crippen molar-refractivity contribution in [3.8, 4) is 0 Å². The highest BCUT2D eigenvalue weighted by Gasteiger charge is 2.34. The lowest BCUT2D eigenvalue weighted by atomic mass is 9.77. The molecule has 88 valence electrons. The zero-order valence-corrected chi connectivity index (χ0v) is 12.9. The molecule has 0 unspecified atom stereocenters. The Morgan fingerprint density at radius 2 is 1.56 bits per heavy atom. The number of benzene rings is 1. The van der Waals surface area contributed by atoms with Crippen LogP contribution in [0.15, 0.2) is 18.2 Å². The van der Waals surface area contributed by atoms with E-state index in [1.54, 1.807) is 0 Å². The Kier molecular flexibility index (Phi) is 4.00. The summed E-state index contributed by atoms with van der Waals surface area (Å²) in [6.07, 6.45) is 0. The van der Waals surface area contributed by atoms with Crippen LogP contribution in [-0.4, -0.2) is 9.52 Å². The highest BCUT2D eigenvalue weighted by Crippen LogP contribution is 2.44. The molecule has 0 spiro atoms. The van der Waals surface area contributed by atoms with Crippen molar-refractivity contribution in [1.29, 1.82) is 0 Å². The predicted molar refractivity (Wildman–Crippen MR) is 75.0 cm³/mol. The van der Waals surface area contributed by atoms with E-state index in [0.29, 0.717) is 10.8 Å². The Labute approximate surface area is 103 Å². The molecule has 0 saturated heterocycles. The second-order valence-electron chi connectivity index (χ2n) is 6.83. The molecule has 2 radical (unpaired) electrons. The van der Waals surface area contributed by atoms with E-state index in [2.05, 4.69) is 65.8 Å². The van der Waals surface area contributed by atoms with Crippen LogP contribution in [0.25, 0.3) is 0 Å². The third kappa shape index (κ3) is 3.78. The summed E-state index contributed by atoms with van der Waals surface area (Å²) in [5.41, 5.74) is 1.59. The van der Waals surface area contributed by atoms with Gasteiger partial charge in [-0.1, -0.05) is 64.9 Å². The maximum Gasteiger partial charge on any atom is 0.0588 e. The van der Waals surface area contributed by atoms with Crippen molar-refractivity contribution >= 4 is 14.7 Å². The third-order valence-corrected chi connectivity index (χ3v) is 7.02. The van der Waals surface area contributed by atoms with Gasteiger partial charge in [0.25, 0.3) is 0 Å². The summed E-state index contributed by atoms with van der Waals surface area (Å²) < 4.78 is 0. The van der Waals surface area contributed by atoms with Crippen LogP contribution in [0.5, 0.6) is 0 Å². The minimum absolute atomic E-state index is 0.257. The zero-order valence-electron chi connectivity index (χ0n) is 11.5. The zero-order chi connectivity index (χ0) is 12.4. The summed E-state index contributed by atoms with van der Waals surface area (Å²) >= 11 is 0. The Hall–Kier alpha value is -0.563.